The number of hydrogen-bond acceptors (Lipinski definition) is 3. The van der Waals surface area contributed by atoms with E-state index in [1.807, 2.05) is 13.1 Å². The highest BCUT2D eigenvalue weighted by Crippen LogP contribution is 2.35. The molecule has 0 bridgehead atoms. The lowest BCUT2D eigenvalue weighted by atomic mass is 10.1. The number of nitrogens with one attached hydrogen (secondary N) is 1. The normalized spacial score (nSPS) is 10.2. The number of benzene rings is 1. The molecule has 0 unspecified atom stereocenters. The van der Waals surface area contributed by atoms with Crippen LogP contribution >= 0.6 is 11.6 Å². The second-order valence-electron chi connectivity index (χ2n) is 4.02. The Morgan fingerprint density at radius 2 is 2.17 bits per heavy atom. The summed E-state index contributed by atoms with van der Waals surface area (Å²) in [5, 5.41) is 3.73. The molecule has 100 valence electrons. The van der Waals surface area contributed by atoms with Crippen molar-refractivity contribution >= 4 is 11.6 Å². The Kier molecular flexibility index (Phi) is 6.02. The molecule has 0 aliphatic rings. The summed E-state index contributed by atoms with van der Waals surface area (Å²) in [5.41, 5.74) is 2.02. The molecular formula is C14H20ClNO2. The summed E-state index contributed by atoms with van der Waals surface area (Å²) < 4.78 is 11.1. The van der Waals surface area contributed by atoms with Gasteiger partial charge in [-0.3, -0.25) is 0 Å². The average Bonchev–Trinajstić information content (AvgIpc) is 2.36. The van der Waals surface area contributed by atoms with E-state index in [2.05, 4.69) is 18.8 Å². The van der Waals surface area contributed by atoms with Crippen molar-refractivity contribution in [3.8, 4) is 11.5 Å². The Balaban J connectivity index is 3.00. The lowest BCUT2D eigenvalue weighted by Crippen LogP contribution is -2.09. The quantitative estimate of drug-likeness (QED) is 0.770. The number of ether oxygens (including phenoxy) is 2. The first-order valence-corrected chi connectivity index (χ1v) is 6.30. The second-order valence-corrected chi connectivity index (χ2v) is 4.46. The molecule has 0 radical (unpaired) electrons. The molecule has 0 amide bonds. The summed E-state index contributed by atoms with van der Waals surface area (Å²) in [4.78, 5) is 0. The third kappa shape index (κ3) is 3.93. The van der Waals surface area contributed by atoms with Gasteiger partial charge in [0.1, 0.15) is 6.61 Å². The van der Waals surface area contributed by atoms with Crippen molar-refractivity contribution in [3.63, 3.8) is 0 Å². The SMILES string of the molecule is C=C(CC)COc1c(CNC)cc(Cl)cc1OC. The molecule has 0 fully saturated rings. The maximum absolute atomic E-state index is 6.05. The minimum absolute atomic E-state index is 0.491. The zero-order valence-electron chi connectivity index (χ0n) is 11.2. The average molecular weight is 270 g/mol. The first-order chi connectivity index (χ1) is 8.62. The van der Waals surface area contributed by atoms with Crippen LogP contribution in [0.3, 0.4) is 0 Å². The van der Waals surface area contributed by atoms with Crippen LogP contribution in [0.1, 0.15) is 18.9 Å². The zero-order chi connectivity index (χ0) is 13.5. The van der Waals surface area contributed by atoms with E-state index in [-0.39, 0.29) is 0 Å². The van der Waals surface area contributed by atoms with Gasteiger partial charge in [-0.25, -0.2) is 0 Å². The molecule has 18 heavy (non-hydrogen) atoms. The van der Waals surface area contributed by atoms with Crippen LogP contribution in [-0.4, -0.2) is 20.8 Å². The molecule has 0 saturated heterocycles. The first-order valence-electron chi connectivity index (χ1n) is 5.92. The van der Waals surface area contributed by atoms with Crippen molar-refractivity contribution in [1.29, 1.82) is 0 Å². The molecule has 3 nitrogen and oxygen atoms in total. The van der Waals surface area contributed by atoms with Gasteiger partial charge in [-0.2, -0.15) is 0 Å². The maximum Gasteiger partial charge on any atom is 0.166 e. The minimum atomic E-state index is 0.491. The second kappa shape index (κ2) is 7.29. The smallest absolute Gasteiger partial charge is 0.166 e. The fourth-order valence-electron chi connectivity index (χ4n) is 1.54. The Morgan fingerprint density at radius 3 is 2.72 bits per heavy atom. The van der Waals surface area contributed by atoms with E-state index < -0.39 is 0 Å². The van der Waals surface area contributed by atoms with E-state index in [9.17, 15) is 0 Å². The summed E-state index contributed by atoms with van der Waals surface area (Å²) in [5.74, 6) is 1.38. The third-order valence-corrected chi connectivity index (χ3v) is 2.82. The van der Waals surface area contributed by atoms with Crippen LogP contribution in [0, 0.1) is 0 Å². The summed E-state index contributed by atoms with van der Waals surface area (Å²) in [7, 11) is 3.48. The van der Waals surface area contributed by atoms with Gasteiger partial charge in [-0.05, 0) is 25.1 Å². The van der Waals surface area contributed by atoms with Crippen LogP contribution in [0.15, 0.2) is 24.3 Å². The molecule has 4 heteroatoms. The summed E-state index contributed by atoms with van der Waals surface area (Å²) in [6.07, 6.45) is 0.900. The van der Waals surface area contributed by atoms with Gasteiger partial charge in [0.15, 0.2) is 11.5 Å². The number of rotatable bonds is 7. The maximum atomic E-state index is 6.05. The van der Waals surface area contributed by atoms with Crippen LogP contribution in [0.4, 0.5) is 0 Å². The molecule has 1 aromatic carbocycles. The number of hydrogen-bond donors (Lipinski definition) is 1. The van der Waals surface area contributed by atoms with E-state index in [0.29, 0.717) is 23.9 Å². The van der Waals surface area contributed by atoms with Crippen molar-refractivity contribution in [2.75, 3.05) is 20.8 Å². The van der Waals surface area contributed by atoms with Gasteiger partial charge < -0.3 is 14.8 Å². The molecule has 1 N–H and O–H groups in total. The van der Waals surface area contributed by atoms with Crippen LogP contribution in [0.2, 0.25) is 5.02 Å². The topological polar surface area (TPSA) is 30.5 Å². The summed E-state index contributed by atoms with van der Waals surface area (Å²) in [6.45, 7) is 7.15. The van der Waals surface area contributed by atoms with Crippen LogP contribution < -0.4 is 14.8 Å². The molecule has 0 atom stereocenters. The van der Waals surface area contributed by atoms with Gasteiger partial charge in [0.25, 0.3) is 0 Å². The van der Waals surface area contributed by atoms with Crippen LogP contribution in [-0.2, 0) is 6.54 Å². The van der Waals surface area contributed by atoms with Crippen LogP contribution in [0.5, 0.6) is 11.5 Å². The van der Waals surface area contributed by atoms with Crippen molar-refractivity contribution in [1.82, 2.24) is 5.32 Å². The van der Waals surface area contributed by atoms with E-state index in [4.69, 9.17) is 21.1 Å². The van der Waals surface area contributed by atoms with Crippen molar-refractivity contribution in [2.45, 2.75) is 19.9 Å². The minimum Gasteiger partial charge on any atom is -0.493 e. The predicted molar refractivity (Wildman–Crippen MR) is 75.7 cm³/mol. The Morgan fingerprint density at radius 1 is 1.44 bits per heavy atom. The van der Waals surface area contributed by atoms with Gasteiger partial charge in [0.05, 0.1) is 7.11 Å². The van der Waals surface area contributed by atoms with E-state index in [1.54, 1.807) is 13.2 Å². The fourth-order valence-corrected chi connectivity index (χ4v) is 1.77. The summed E-state index contributed by atoms with van der Waals surface area (Å²) >= 11 is 6.05. The van der Waals surface area contributed by atoms with E-state index >= 15 is 0 Å². The van der Waals surface area contributed by atoms with Gasteiger partial charge in [-0.15, -0.1) is 0 Å². The highest BCUT2D eigenvalue weighted by Gasteiger charge is 2.12. The monoisotopic (exact) mass is 269 g/mol. The molecular weight excluding hydrogens is 250 g/mol. The standard InChI is InChI=1S/C14H20ClNO2/c1-5-10(2)9-18-14-11(8-16-3)6-12(15)7-13(14)17-4/h6-7,16H,2,5,8-9H2,1,3-4H3. The molecule has 0 saturated carbocycles. The van der Waals surface area contributed by atoms with Crippen molar-refractivity contribution in [3.05, 3.63) is 34.9 Å². The van der Waals surface area contributed by atoms with Crippen molar-refractivity contribution in [2.24, 2.45) is 0 Å². The highest BCUT2D eigenvalue weighted by molar-refractivity contribution is 6.30. The predicted octanol–water partition coefficient (Wildman–Crippen LogP) is 3.41. The van der Waals surface area contributed by atoms with Crippen molar-refractivity contribution < 1.29 is 9.47 Å². The molecule has 0 aliphatic heterocycles. The number of halogens is 1. The Bertz CT molecular complexity index is 419. The van der Waals surface area contributed by atoms with Gasteiger partial charge >= 0.3 is 0 Å². The van der Waals surface area contributed by atoms with Gasteiger partial charge in [-0.1, -0.05) is 25.1 Å². The molecule has 0 aromatic heterocycles. The fraction of sp³-hybridized carbons (Fsp3) is 0.429. The lowest BCUT2D eigenvalue weighted by Gasteiger charge is -2.16. The summed E-state index contributed by atoms with van der Waals surface area (Å²) in [6, 6.07) is 3.63. The lowest BCUT2D eigenvalue weighted by molar-refractivity contribution is 0.313. The molecule has 0 spiro atoms. The highest BCUT2D eigenvalue weighted by atomic mass is 35.5. The van der Waals surface area contributed by atoms with Gasteiger partial charge in [0.2, 0.25) is 0 Å². The van der Waals surface area contributed by atoms with Crippen LogP contribution in [0.25, 0.3) is 0 Å². The molecule has 0 heterocycles. The molecule has 1 aromatic rings. The number of methoxy groups -OCH3 is 1. The third-order valence-electron chi connectivity index (χ3n) is 2.60. The Hall–Kier alpha value is -1.19. The van der Waals surface area contributed by atoms with E-state index in [0.717, 1.165) is 23.3 Å². The Labute approximate surface area is 114 Å². The van der Waals surface area contributed by atoms with E-state index in [1.165, 1.54) is 0 Å². The first kappa shape index (κ1) is 14.9. The zero-order valence-corrected chi connectivity index (χ0v) is 11.9. The molecule has 1 rings (SSSR count). The van der Waals surface area contributed by atoms with Gasteiger partial charge in [0, 0.05) is 23.2 Å². The largest absolute Gasteiger partial charge is 0.493 e. The molecule has 0 aliphatic carbocycles.